The van der Waals surface area contributed by atoms with E-state index in [0.717, 1.165) is 17.9 Å². The van der Waals surface area contributed by atoms with E-state index in [0.29, 0.717) is 0 Å². The quantitative estimate of drug-likeness (QED) is 0.594. The number of carbonyl (C=O) groups is 1. The molecule has 0 bridgehead atoms. The second-order valence-electron chi connectivity index (χ2n) is 1.77. The van der Waals surface area contributed by atoms with Crippen LogP contribution in [0.15, 0.2) is 0 Å². The van der Waals surface area contributed by atoms with Gasteiger partial charge in [0.1, 0.15) is 4.58 Å². The van der Waals surface area contributed by atoms with Gasteiger partial charge in [-0.05, 0) is 17.9 Å². The van der Waals surface area contributed by atoms with Gasteiger partial charge in [-0.25, -0.2) is 0 Å². The van der Waals surface area contributed by atoms with Crippen LogP contribution in [0.1, 0.15) is 6.42 Å². The number of thioether (sulfide) groups is 2. The third-order valence-electron chi connectivity index (χ3n) is 1.03. The van der Waals surface area contributed by atoms with Crippen molar-refractivity contribution in [1.29, 1.82) is 0 Å². The predicted molar refractivity (Wildman–Crippen MR) is 41.0 cm³/mol. The largest absolute Gasteiger partial charge is 0.480 e. The molecule has 0 aliphatic carbocycles. The summed E-state index contributed by atoms with van der Waals surface area (Å²) in [5, 5.41) is 8.50. The van der Waals surface area contributed by atoms with Crippen LogP contribution in [0, 0.1) is 0 Å². The van der Waals surface area contributed by atoms with Gasteiger partial charge in [0.2, 0.25) is 0 Å². The first-order valence-electron chi connectivity index (χ1n) is 2.77. The zero-order valence-electron chi connectivity index (χ0n) is 4.87. The zero-order chi connectivity index (χ0) is 6.69. The molecule has 0 spiro atoms. The van der Waals surface area contributed by atoms with Gasteiger partial charge in [0.25, 0.3) is 0 Å². The van der Waals surface area contributed by atoms with Crippen molar-refractivity contribution in [3.8, 4) is 0 Å². The van der Waals surface area contributed by atoms with E-state index in [1.165, 1.54) is 23.5 Å². The lowest BCUT2D eigenvalue weighted by Crippen LogP contribution is -2.16. The van der Waals surface area contributed by atoms with E-state index >= 15 is 0 Å². The normalized spacial score (nSPS) is 21.8. The SMILES string of the molecule is O=[13C](O)C1SCCCS1. The van der Waals surface area contributed by atoms with Crippen molar-refractivity contribution in [3.05, 3.63) is 0 Å². The van der Waals surface area contributed by atoms with E-state index in [1.807, 2.05) is 0 Å². The molecule has 1 fully saturated rings. The van der Waals surface area contributed by atoms with Crippen LogP contribution in [0.4, 0.5) is 0 Å². The molecule has 0 saturated carbocycles. The third kappa shape index (κ3) is 2.10. The van der Waals surface area contributed by atoms with E-state index in [1.54, 1.807) is 0 Å². The number of hydrogen-bond donors (Lipinski definition) is 1. The second kappa shape index (κ2) is 3.37. The van der Waals surface area contributed by atoms with Gasteiger partial charge < -0.3 is 5.11 Å². The summed E-state index contributed by atoms with van der Waals surface area (Å²) in [6, 6.07) is 0. The summed E-state index contributed by atoms with van der Waals surface area (Å²) in [5.41, 5.74) is 0. The molecule has 0 unspecified atom stereocenters. The number of aliphatic carboxylic acids is 1. The molecule has 0 radical (unpaired) electrons. The summed E-state index contributed by atoms with van der Waals surface area (Å²) in [5.74, 6) is 1.33. The maximum absolute atomic E-state index is 10.3. The minimum atomic E-state index is -0.676. The standard InChI is InChI=1S/C5H8O2S2/c6-4(7)5-8-2-1-3-9-5/h5H,1-3H2,(H,6,7)/i4+1. The minimum Gasteiger partial charge on any atom is -0.480 e. The summed E-state index contributed by atoms with van der Waals surface area (Å²) >= 11 is 3.07. The molecule has 1 saturated heterocycles. The van der Waals surface area contributed by atoms with Gasteiger partial charge in [0.05, 0.1) is 0 Å². The minimum absolute atomic E-state index is 0.196. The van der Waals surface area contributed by atoms with E-state index < -0.39 is 5.97 Å². The molecule has 0 amide bonds. The highest BCUT2D eigenvalue weighted by atomic mass is 32.2. The Morgan fingerprint density at radius 2 is 2.00 bits per heavy atom. The molecule has 0 aromatic heterocycles. The molecular formula is C5H8O2S2. The van der Waals surface area contributed by atoms with E-state index in [9.17, 15) is 4.79 Å². The van der Waals surface area contributed by atoms with Crippen molar-refractivity contribution < 1.29 is 9.90 Å². The fraction of sp³-hybridized carbons (Fsp3) is 0.800. The summed E-state index contributed by atoms with van der Waals surface area (Å²) < 4.78 is -0.196. The smallest absolute Gasteiger partial charge is 0.326 e. The van der Waals surface area contributed by atoms with Crippen molar-refractivity contribution in [3.63, 3.8) is 0 Å². The number of carboxylic acids is 1. The van der Waals surface area contributed by atoms with Crippen LogP contribution in [-0.4, -0.2) is 27.2 Å². The second-order valence-corrected chi connectivity index (χ2v) is 4.49. The Hall–Kier alpha value is 0.170. The molecule has 9 heavy (non-hydrogen) atoms. The fourth-order valence-electron chi connectivity index (χ4n) is 0.630. The average Bonchev–Trinajstić information content (AvgIpc) is 1.90. The highest BCUT2D eigenvalue weighted by Gasteiger charge is 2.20. The van der Waals surface area contributed by atoms with Crippen molar-refractivity contribution >= 4 is 29.5 Å². The lowest BCUT2D eigenvalue weighted by molar-refractivity contribution is -0.134. The first-order chi connectivity index (χ1) is 4.30. The monoisotopic (exact) mass is 165 g/mol. The maximum Gasteiger partial charge on any atom is 0.326 e. The maximum atomic E-state index is 10.3. The van der Waals surface area contributed by atoms with E-state index in [-0.39, 0.29) is 4.58 Å². The van der Waals surface area contributed by atoms with Crippen LogP contribution in [0.2, 0.25) is 0 Å². The van der Waals surface area contributed by atoms with Gasteiger partial charge in [0, 0.05) is 0 Å². The molecule has 1 aliphatic heterocycles. The van der Waals surface area contributed by atoms with E-state index in [2.05, 4.69) is 0 Å². The first kappa shape index (κ1) is 7.28. The zero-order valence-corrected chi connectivity index (χ0v) is 6.50. The number of hydrogen-bond acceptors (Lipinski definition) is 3. The number of carboxylic acid groups (broad SMARTS) is 1. The summed E-state index contributed by atoms with van der Waals surface area (Å²) in [6.07, 6.45) is 1.15. The topological polar surface area (TPSA) is 37.3 Å². The average molecular weight is 165 g/mol. The molecule has 1 N–H and O–H groups in total. The van der Waals surface area contributed by atoms with Crippen LogP contribution < -0.4 is 0 Å². The Balaban J connectivity index is 2.31. The van der Waals surface area contributed by atoms with Gasteiger partial charge >= 0.3 is 5.97 Å². The first-order valence-corrected chi connectivity index (χ1v) is 4.86. The molecule has 0 atom stereocenters. The third-order valence-corrected chi connectivity index (χ3v) is 3.90. The Bertz CT molecular complexity index is 110. The van der Waals surface area contributed by atoms with Crippen molar-refractivity contribution in [2.24, 2.45) is 0 Å². The van der Waals surface area contributed by atoms with Crippen LogP contribution in [0.5, 0.6) is 0 Å². The Morgan fingerprint density at radius 3 is 2.33 bits per heavy atom. The van der Waals surface area contributed by atoms with Crippen molar-refractivity contribution in [2.75, 3.05) is 11.5 Å². The highest BCUT2D eigenvalue weighted by Crippen LogP contribution is 2.30. The van der Waals surface area contributed by atoms with Gasteiger partial charge in [0.15, 0.2) is 0 Å². The lowest BCUT2D eigenvalue weighted by Gasteiger charge is -2.15. The number of rotatable bonds is 1. The predicted octanol–water partition coefficient (Wildman–Crippen LogP) is 1.27. The van der Waals surface area contributed by atoms with Gasteiger partial charge in [-0.15, -0.1) is 23.5 Å². The fourth-order valence-corrected chi connectivity index (χ4v) is 3.11. The molecule has 0 aromatic carbocycles. The molecule has 1 heterocycles. The van der Waals surface area contributed by atoms with Gasteiger partial charge in [-0.3, -0.25) is 4.79 Å². The summed E-state index contributed by atoms with van der Waals surface area (Å²) in [4.78, 5) is 10.3. The van der Waals surface area contributed by atoms with Crippen molar-refractivity contribution in [1.82, 2.24) is 0 Å². The molecule has 1 aliphatic rings. The van der Waals surface area contributed by atoms with Gasteiger partial charge in [-0.1, -0.05) is 0 Å². The van der Waals surface area contributed by atoms with Crippen molar-refractivity contribution in [2.45, 2.75) is 11.0 Å². The molecule has 4 heteroatoms. The van der Waals surface area contributed by atoms with Crippen LogP contribution in [-0.2, 0) is 4.79 Å². The lowest BCUT2D eigenvalue weighted by atomic mass is 10.6. The Kier molecular flexibility index (Phi) is 2.72. The summed E-state index contributed by atoms with van der Waals surface area (Å²) in [7, 11) is 0. The molecule has 1 rings (SSSR count). The Morgan fingerprint density at radius 1 is 1.44 bits per heavy atom. The van der Waals surface area contributed by atoms with Gasteiger partial charge in [-0.2, -0.15) is 0 Å². The summed E-state index contributed by atoms with van der Waals surface area (Å²) in [6.45, 7) is 0. The van der Waals surface area contributed by atoms with Crippen LogP contribution in [0.3, 0.4) is 0 Å². The van der Waals surface area contributed by atoms with Crippen LogP contribution in [0.25, 0.3) is 0 Å². The molecular weight excluding hydrogens is 157 g/mol. The Labute approximate surface area is 62.4 Å². The highest BCUT2D eigenvalue weighted by molar-refractivity contribution is 8.18. The molecule has 52 valence electrons. The van der Waals surface area contributed by atoms with Crippen LogP contribution >= 0.6 is 23.5 Å². The van der Waals surface area contributed by atoms with E-state index in [4.69, 9.17) is 5.11 Å². The molecule has 0 aromatic rings. The molecule has 2 nitrogen and oxygen atoms in total.